The zero-order chi connectivity index (χ0) is 10.6. The van der Waals surface area contributed by atoms with Gasteiger partial charge in [-0.1, -0.05) is 12.8 Å². The van der Waals surface area contributed by atoms with Crippen LogP contribution >= 0.6 is 0 Å². The molecule has 0 heterocycles. The highest BCUT2D eigenvalue weighted by atomic mass is 16.4. The van der Waals surface area contributed by atoms with Crippen LogP contribution in [0.3, 0.4) is 0 Å². The number of amides is 1. The second kappa shape index (κ2) is 4.98. The molecule has 1 atom stereocenters. The standard InChI is InChI=1S/C10H17NO3/c1-7(12)11-9(6-10(13)14)8-4-2-3-5-8/h8-9H,2-6H2,1H3,(H,11,12)(H,13,14). The van der Waals surface area contributed by atoms with Crippen LogP contribution in [0.25, 0.3) is 0 Å². The van der Waals surface area contributed by atoms with Crippen molar-refractivity contribution in [2.24, 2.45) is 5.92 Å². The summed E-state index contributed by atoms with van der Waals surface area (Å²) in [6.45, 7) is 1.43. The lowest BCUT2D eigenvalue weighted by Crippen LogP contribution is -2.39. The van der Waals surface area contributed by atoms with Gasteiger partial charge in [-0.3, -0.25) is 9.59 Å². The maximum Gasteiger partial charge on any atom is 0.305 e. The Labute approximate surface area is 83.7 Å². The molecule has 1 fully saturated rings. The van der Waals surface area contributed by atoms with Crippen molar-refractivity contribution in [1.82, 2.24) is 5.32 Å². The molecular formula is C10H17NO3. The molecule has 80 valence electrons. The van der Waals surface area contributed by atoms with Crippen LogP contribution in [0.2, 0.25) is 0 Å². The van der Waals surface area contributed by atoms with E-state index in [9.17, 15) is 9.59 Å². The minimum Gasteiger partial charge on any atom is -0.481 e. The van der Waals surface area contributed by atoms with E-state index in [-0.39, 0.29) is 18.4 Å². The van der Waals surface area contributed by atoms with Gasteiger partial charge in [0.1, 0.15) is 0 Å². The molecule has 0 bridgehead atoms. The van der Waals surface area contributed by atoms with Crippen molar-refractivity contribution in [3.8, 4) is 0 Å². The number of aliphatic carboxylic acids is 1. The van der Waals surface area contributed by atoms with Gasteiger partial charge in [0.05, 0.1) is 6.42 Å². The Morgan fingerprint density at radius 1 is 1.43 bits per heavy atom. The maximum absolute atomic E-state index is 10.9. The Hall–Kier alpha value is -1.06. The van der Waals surface area contributed by atoms with Gasteiger partial charge in [-0.2, -0.15) is 0 Å². The van der Waals surface area contributed by atoms with E-state index < -0.39 is 5.97 Å². The maximum atomic E-state index is 10.9. The van der Waals surface area contributed by atoms with Crippen molar-refractivity contribution in [2.45, 2.75) is 45.1 Å². The molecule has 0 radical (unpaired) electrons. The zero-order valence-corrected chi connectivity index (χ0v) is 8.45. The Morgan fingerprint density at radius 2 is 2.00 bits per heavy atom. The van der Waals surface area contributed by atoms with Crippen LogP contribution in [-0.2, 0) is 9.59 Å². The van der Waals surface area contributed by atoms with Crippen LogP contribution in [0.15, 0.2) is 0 Å². The molecule has 14 heavy (non-hydrogen) atoms. The van der Waals surface area contributed by atoms with E-state index >= 15 is 0 Å². The number of hydrogen-bond donors (Lipinski definition) is 2. The summed E-state index contributed by atoms with van der Waals surface area (Å²) in [6, 6.07) is -0.174. The fourth-order valence-corrected chi connectivity index (χ4v) is 2.14. The van der Waals surface area contributed by atoms with Gasteiger partial charge < -0.3 is 10.4 Å². The third kappa shape index (κ3) is 3.36. The monoisotopic (exact) mass is 199 g/mol. The van der Waals surface area contributed by atoms with Gasteiger partial charge in [-0.25, -0.2) is 0 Å². The summed E-state index contributed by atoms with van der Waals surface area (Å²) in [5, 5.41) is 11.4. The summed E-state index contributed by atoms with van der Waals surface area (Å²) in [7, 11) is 0. The molecule has 0 aromatic heterocycles. The fraction of sp³-hybridized carbons (Fsp3) is 0.800. The average Bonchev–Trinajstić information content (AvgIpc) is 2.52. The highest BCUT2D eigenvalue weighted by Crippen LogP contribution is 2.28. The first-order valence-corrected chi connectivity index (χ1v) is 5.08. The van der Waals surface area contributed by atoms with Crippen molar-refractivity contribution < 1.29 is 14.7 Å². The summed E-state index contributed by atoms with van der Waals surface area (Å²) in [5.74, 6) is -0.617. The Balaban J connectivity index is 2.50. The summed E-state index contributed by atoms with van der Waals surface area (Å²) in [5.41, 5.74) is 0. The normalized spacial score (nSPS) is 19.2. The topological polar surface area (TPSA) is 66.4 Å². The van der Waals surface area contributed by atoms with Crippen LogP contribution in [-0.4, -0.2) is 23.0 Å². The molecule has 0 aliphatic heterocycles. The van der Waals surface area contributed by atoms with Gasteiger partial charge in [0.15, 0.2) is 0 Å². The number of carbonyl (C=O) groups excluding carboxylic acids is 1. The SMILES string of the molecule is CC(=O)NC(CC(=O)O)C1CCCC1. The van der Waals surface area contributed by atoms with E-state index in [1.165, 1.54) is 6.92 Å². The summed E-state index contributed by atoms with van der Waals surface area (Å²) < 4.78 is 0. The van der Waals surface area contributed by atoms with E-state index in [4.69, 9.17) is 5.11 Å². The number of nitrogens with one attached hydrogen (secondary N) is 1. The number of carbonyl (C=O) groups is 2. The average molecular weight is 199 g/mol. The molecule has 0 aromatic carbocycles. The molecule has 0 saturated heterocycles. The first-order valence-electron chi connectivity index (χ1n) is 5.08. The summed E-state index contributed by atoms with van der Waals surface area (Å²) >= 11 is 0. The quantitative estimate of drug-likeness (QED) is 0.714. The minimum atomic E-state index is -0.837. The van der Waals surface area contributed by atoms with Gasteiger partial charge in [-0.15, -0.1) is 0 Å². The highest BCUT2D eigenvalue weighted by molar-refractivity contribution is 5.75. The molecule has 1 rings (SSSR count). The molecular weight excluding hydrogens is 182 g/mol. The second-order valence-corrected chi connectivity index (χ2v) is 3.95. The van der Waals surface area contributed by atoms with E-state index in [0.717, 1.165) is 25.7 Å². The Kier molecular flexibility index (Phi) is 3.92. The predicted octanol–water partition coefficient (Wildman–Crippen LogP) is 1.16. The first kappa shape index (κ1) is 11.0. The molecule has 2 N–H and O–H groups in total. The van der Waals surface area contributed by atoms with Gasteiger partial charge in [0, 0.05) is 13.0 Å². The number of rotatable bonds is 4. The van der Waals surface area contributed by atoms with Crippen molar-refractivity contribution in [1.29, 1.82) is 0 Å². The van der Waals surface area contributed by atoms with E-state index in [2.05, 4.69) is 5.32 Å². The van der Waals surface area contributed by atoms with Crippen LogP contribution in [0, 0.1) is 5.92 Å². The molecule has 1 aliphatic rings. The Morgan fingerprint density at radius 3 is 2.43 bits per heavy atom. The number of carboxylic acids is 1. The van der Waals surface area contributed by atoms with Crippen molar-refractivity contribution in [3.05, 3.63) is 0 Å². The minimum absolute atomic E-state index is 0.0459. The third-order valence-electron chi connectivity index (χ3n) is 2.75. The van der Waals surface area contributed by atoms with E-state index in [1.807, 2.05) is 0 Å². The van der Waals surface area contributed by atoms with Crippen molar-refractivity contribution in [3.63, 3.8) is 0 Å². The molecule has 4 heteroatoms. The lowest BCUT2D eigenvalue weighted by atomic mass is 9.95. The molecule has 1 aliphatic carbocycles. The number of carboxylic acid groups (broad SMARTS) is 1. The molecule has 0 spiro atoms. The molecule has 1 unspecified atom stereocenters. The van der Waals surface area contributed by atoms with Crippen molar-refractivity contribution in [2.75, 3.05) is 0 Å². The lowest BCUT2D eigenvalue weighted by molar-refractivity contribution is -0.138. The third-order valence-corrected chi connectivity index (χ3v) is 2.75. The van der Waals surface area contributed by atoms with Gasteiger partial charge >= 0.3 is 5.97 Å². The van der Waals surface area contributed by atoms with Crippen LogP contribution in [0.1, 0.15) is 39.0 Å². The van der Waals surface area contributed by atoms with Gasteiger partial charge in [-0.05, 0) is 18.8 Å². The second-order valence-electron chi connectivity index (χ2n) is 3.95. The lowest BCUT2D eigenvalue weighted by Gasteiger charge is -2.22. The molecule has 0 aromatic rings. The first-order chi connectivity index (χ1) is 6.59. The predicted molar refractivity (Wildman–Crippen MR) is 51.8 cm³/mol. The van der Waals surface area contributed by atoms with Crippen LogP contribution < -0.4 is 5.32 Å². The summed E-state index contributed by atoms with van der Waals surface area (Å²) in [4.78, 5) is 21.5. The zero-order valence-electron chi connectivity index (χ0n) is 8.45. The number of hydrogen-bond acceptors (Lipinski definition) is 2. The van der Waals surface area contributed by atoms with Gasteiger partial charge in [0.25, 0.3) is 0 Å². The van der Waals surface area contributed by atoms with Crippen LogP contribution in [0.4, 0.5) is 0 Å². The van der Waals surface area contributed by atoms with Gasteiger partial charge in [0.2, 0.25) is 5.91 Å². The largest absolute Gasteiger partial charge is 0.481 e. The van der Waals surface area contributed by atoms with Crippen LogP contribution in [0.5, 0.6) is 0 Å². The summed E-state index contributed by atoms with van der Waals surface area (Å²) in [6.07, 6.45) is 4.43. The fourth-order valence-electron chi connectivity index (χ4n) is 2.14. The van der Waals surface area contributed by atoms with E-state index in [0.29, 0.717) is 5.92 Å². The Bertz CT molecular complexity index is 205. The highest BCUT2D eigenvalue weighted by Gasteiger charge is 2.27. The van der Waals surface area contributed by atoms with Crippen molar-refractivity contribution >= 4 is 11.9 Å². The molecule has 1 saturated carbocycles. The molecule has 4 nitrogen and oxygen atoms in total. The van der Waals surface area contributed by atoms with E-state index in [1.54, 1.807) is 0 Å². The smallest absolute Gasteiger partial charge is 0.305 e. The molecule has 1 amide bonds.